The molecule has 2 aromatic carbocycles. The van der Waals surface area contributed by atoms with Crippen LogP contribution in [0.25, 0.3) is 0 Å². The van der Waals surface area contributed by atoms with E-state index in [0.717, 1.165) is 0 Å². The van der Waals surface area contributed by atoms with Crippen molar-refractivity contribution in [2.75, 3.05) is 0 Å². The molecule has 0 aliphatic carbocycles. The van der Waals surface area contributed by atoms with E-state index in [9.17, 15) is 30.6 Å². The second-order valence-electron chi connectivity index (χ2n) is 5.23. The van der Waals surface area contributed by atoms with Gasteiger partial charge in [0.25, 0.3) is 0 Å². The Morgan fingerprint density at radius 1 is 0.522 bits per heavy atom. The lowest BCUT2D eigenvalue weighted by Gasteiger charge is -2.15. The van der Waals surface area contributed by atoms with Crippen LogP contribution in [0.3, 0.4) is 0 Å². The molecule has 0 fully saturated rings. The van der Waals surface area contributed by atoms with Gasteiger partial charge in [0.1, 0.15) is 11.5 Å². The van der Waals surface area contributed by atoms with Crippen LogP contribution in [0.15, 0.2) is 24.3 Å². The highest BCUT2D eigenvalue weighted by Crippen LogP contribution is 2.33. The highest BCUT2D eigenvalue weighted by atomic mass is 16.3. The average molecular weight is 320 g/mol. The molecule has 0 aromatic heterocycles. The van der Waals surface area contributed by atoms with Crippen molar-refractivity contribution in [2.24, 2.45) is 0 Å². The van der Waals surface area contributed by atoms with E-state index in [-0.39, 0.29) is 42.3 Å². The Bertz CT molecular complexity index is 636. The Hall–Kier alpha value is -2.12. The van der Waals surface area contributed by atoms with Gasteiger partial charge in [0.2, 0.25) is 0 Å². The molecule has 0 amide bonds. The van der Waals surface area contributed by atoms with E-state index < -0.39 is 13.2 Å². The molecule has 0 aliphatic heterocycles. The molecule has 6 N–H and O–H groups in total. The molecule has 0 unspecified atom stereocenters. The fourth-order valence-corrected chi connectivity index (χ4v) is 2.59. The van der Waals surface area contributed by atoms with Crippen LogP contribution in [-0.2, 0) is 32.8 Å². The van der Waals surface area contributed by atoms with Gasteiger partial charge < -0.3 is 30.6 Å². The number of benzene rings is 2. The van der Waals surface area contributed by atoms with Crippen molar-refractivity contribution in [1.29, 1.82) is 0 Å². The molecule has 0 bridgehead atoms. The number of hydrogen-bond acceptors (Lipinski definition) is 6. The number of aliphatic hydroxyl groups excluding tert-OH is 4. The Balaban J connectivity index is 2.44. The number of aliphatic hydroxyl groups is 4. The molecule has 0 radical (unpaired) electrons. The van der Waals surface area contributed by atoms with Gasteiger partial charge in [0.05, 0.1) is 26.4 Å². The summed E-state index contributed by atoms with van der Waals surface area (Å²) in [5, 5.41) is 57.6. The zero-order chi connectivity index (χ0) is 17.0. The monoisotopic (exact) mass is 320 g/mol. The van der Waals surface area contributed by atoms with Gasteiger partial charge in [-0.25, -0.2) is 0 Å². The minimum absolute atomic E-state index is 0.129. The van der Waals surface area contributed by atoms with Gasteiger partial charge >= 0.3 is 0 Å². The lowest BCUT2D eigenvalue weighted by molar-refractivity contribution is 0.254. The molecule has 2 aromatic rings. The van der Waals surface area contributed by atoms with E-state index in [1.807, 2.05) is 0 Å². The van der Waals surface area contributed by atoms with E-state index in [1.54, 1.807) is 24.3 Å². The van der Waals surface area contributed by atoms with Gasteiger partial charge in [-0.15, -0.1) is 0 Å². The second kappa shape index (κ2) is 7.43. The van der Waals surface area contributed by atoms with E-state index >= 15 is 0 Å². The summed E-state index contributed by atoms with van der Waals surface area (Å²) in [6, 6.07) is 6.43. The SMILES string of the molecule is OCc1ccc(Cc2ccc(CO)c(CO)c2O)c(O)c1CO. The van der Waals surface area contributed by atoms with E-state index in [0.29, 0.717) is 22.3 Å². The number of rotatable bonds is 6. The number of hydrogen-bond donors (Lipinski definition) is 6. The molecular formula is C17H20O6. The standard InChI is InChI=1S/C17H20O6/c18-6-12-3-1-10(16(22)14(12)8-20)5-11-2-4-13(7-19)15(9-21)17(11)23/h1-4,18-23H,5-9H2. The van der Waals surface area contributed by atoms with Crippen LogP contribution < -0.4 is 0 Å². The Morgan fingerprint density at radius 3 is 1.17 bits per heavy atom. The fourth-order valence-electron chi connectivity index (χ4n) is 2.59. The number of aromatic hydroxyl groups is 2. The summed E-state index contributed by atoms with van der Waals surface area (Å²) in [6.07, 6.45) is 0.176. The zero-order valence-corrected chi connectivity index (χ0v) is 12.5. The fraction of sp³-hybridized carbons (Fsp3) is 0.294. The predicted octanol–water partition coefficient (Wildman–Crippen LogP) is 0.658. The molecule has 0 heterocycles. The van der Waals surface area contributed by atoms with E-state index in [2.05, 4.69) is 0 Å². The van der Waals surface area contributed by atoms with Gasteiger partial charge in [-0.1, -0.05) is 24.3 Å². The summed E-state index contributed by atoms with van der Waals surface area (Å²) in [5.74, 6) is -0.259. The Labute approximate surface area is 133 Å². The summed E-state index contributed by atoms with van der Waals surface area (Å²) in [4.78, 5) is 0. The molecular weight excluding hydrogens is 300 g/mol. The third kappa shape index (κ3) is 3.30. The summed E-state index contributed by atoms with van der Waals surface area (Å²) in [6.45, 7) is -1.41. The van der Waals surface area contributed by atoms with Gasteiger partial charge in [-0.05, 0) is 22.3 Å². The first kappa shape index (κ1) is 17.2. The summed E-state index contributed by atoms with van der Waals surface area (Å²) in [5.41, 5.74) is 2.32. The van der Waals surface area contributed by atoms with Crippen LogP contribution >= 0.6 is 0 Å². The van der Waals surface area contributed by atoms with Crippen LogP contribution in [0.5, 0.6) is 11.5 Å². The largest absolute Gasteiger partial charge is 0.507 e. The van der Waals surface area contributed by atoms with Crippen molar-refractivity contribution >= 4 is 0 Å². The van der Waals surface area contributed by atoms with Crippen molar-refractivity contribution in [2.45, 2.75) is 32.8 Å². The quantitative estimate of drug-likeness (QED) is 0.465. The molecule has 23 heavy (non-hydrogen) atoms. The smallest absolute Gasteiger partial charge is 0.124 e. The van der Waals surface area contributed by atoms with Crippen LogP contribution in [0.4, 0.5) is 0 Å². The summed E-state index contributed by atoms with van der Waals surface area (Å²) in [7, 11) is 0. The number of phenols is 2. The first-order chi connectivity index (χ1) is 11.1. The minimum Gasteiger partial charge on any atom is -0.507 e. The molecule has 0 aliphatic rings. The average Bonchev–Trinajstić information content (AvgIpc) is 2.57. The molecule has 2 rings (SSSR count). The summed E-state index contributed by atoms with van der Waals surface area (Å²) >= 11 is 0. The third-order valence-electron chi connectivity index (χ3n) is 3.96. The van der Waals surface area contributed by atoms with Crippen LogP contribution in [0.2, 0.25) is 0 Å². The molecule has 0 saturated heterocycles. The molecule has 6 nitrogen and oxygen atoms in total. The van der Waals surface area contributed by atoms with Gasteiger partial charge in [0.15, 0.2) is 0 Å². The first-order valence-electron chi connectivity index (χ1n) is 7.15. The lowest BCUT2D eigenvalue weighted by atomic mass is 9.95. The van der Waals surface area contributed by atoms with Crippen LogP contribution in [-0.4, -0.2) is 30.6 Å². The molecule has 0 saturated carbocycles. The van der Waals surface area contributed by atoms with Crippen molar-refractivity contribution in [1.82, 2.24) is 0 Å². The topological polar surface area (TPSA) is 121 Å². The van der Waals surface area contributed by atoms with Gasteiger partial charge in [0, 0.05) is 17.5 Å². The highest BCUT2D eigenvalue weighted by Gasteiger charge is 2.16. The van der Waals surface area contributed by atoms with Crippen molar-refractivity contribution in [3.8, 4) is 11.5 Å². The molecule has 6 heteroatoms. The maximum absolute atomic E-state index is 10.2. The second-order valence-corrected chi connectivity index (χ2v) is 5.23. The van der Waals surface area contributed by atoms with Gasteiger partial charge in [-0.3, -0.25) is 0 Å². The first-order valence-corrected chi connectivity index (χ1v) is 7.15. The van der Waals surface area contributed by atoms with Crippen LogP contribution in [0, 0.1) is 0 Å². The normalized spacial score (nSPS) is 11.0. The van der Waals surface area contributed by atoms with E-state index in [1.165, 1.54) is 0 Å². The maximum Gasteiger partial charge on any atom is 0.124 e. The van der Waals surface area contributed by atoms with Gasteiger partial charge in [-0.2, -0.15) is 0 Å². The molecule has 0 atom stereocenters. The zero-order valence-electron chi connectivity index (χ0n) is 12.5. The predicted molar refractivity (Wildman–Crippen MR) is 82.7 cm³/mol. The Kier molecular flexibility index (Phi) is 5.57. The maximum atomic E-state index is 10.2. The third-order valence-corrected chi connectivity index (χ3v) is 3.96. The highest BCUT2D eigenvalue weighted by molar-refractivity contribution is 5.51. The van der Waals surface area contributed by atoms with Crippen LogP contribution in [0.1, 0.15) is 33.4 Å². The molecule has 0 spiro atoms. The van der Waals surface area contributed by atoms with E-state index in [4.69, 9.17) is 0 Å². The molecule has 124 valence electrons. The van der Waals surface area contributed by atoms with Crippen molar-refractivity contribution in [3.05, 3.63) is 57.6 Å². The van der Waals surface area contributed by atoms with Crippen molar-refractivity contribution < 1.29 is 30.6 Å². The summed E-state index contributed by atoms with van der Waals surface area (Å²) < 4.78 is 0. The minimum atomic E-state index is -0.410. The Morgan fingerprint density at radius 2 is 0.870 bits per heavy atom. The van der Waals surface area contributed by atoms with Crippen molar-refractivity contribution in [3.63, 3.8) is 0 Å². The lowest BCUT2D eigenvalue weighted by Crippen LogP contribution is -2.01.